The van der Waals surface area contributed by atoms with Crippen LogP contribution in [0.15, 0.2) is 55.0 Å². The van der Waals surface area contributed by atoms with Crippen molar-refractivity contribution in [3.8, 4) is 11.3 Å². The monoisotopic (exact) mass is 317 g/mol. The third-order valence-electron chi connectivity index (χ3n) is 3.84. The van der Waals surface area contributed by atoms with Crippen molar-refractivity contribution in [2.24, 2.45) is 0 Å². The number of fused-ring (bicyclic) bond motifs is 1. The van der Waals surface area contributed by atoms with Crippen LogP contribution in [0.2, 0.25) is 0 Å². The number of aromatic nitrogens is 4. The van der Waals surface area contributed by atoms with Gasteiger partial charge in [-0.2, -0.15) is 0 Å². The fourth-order valence-electron chi connectivity index (χ4n) is 2.58. The van der Waals surface area contributed by atoms with Gasteiger partial charge in [0.15, 0.2) is 0 Å². The van der Waals surface area contributed by atoms with Crippen LogP contribution in [-0.2, 0) is 0 Å². The highest BCUT2D eigenvalue weighted by atomic mass is 16.1. The summed E-state index contributed by atoms with van der Waals surface area (Å²) in [5.41, 5.74) is 4.98. The first-order valence-electron chi connectivity index (χ1n) is 7.55. The van der Waals surface area contributed by atoms with E-state index in [1.54, 1.807) is 24.7 Å². The second-order valence-corrected chi connectivity index (χ2v) is 5.55. The summed E-state index contributed by atoms with van der Waals surface area (Å²) >= 11 is 0. The van der Waals surface area contributed by atoms with Gasteiger partial charge in [0.25, 0.3) is 5.91 Å². The van der Waals surface area contributed by atoms with E-state index in [4.69, 9.17) is 0 Å². The molecule has 0 saturated carbocycles. The molecule has 6 nitrogen and oxygen atoms in total. The Morgan fingerprint density at radius 2 is 1.92 bits per heavy atom. The van der Waals surface area contributed by atoms with Crippen molar-refractivity contribution >= 4 is 22.6 Å². The van der Waals surface area contributed by atoms with Gasteiger partial charge in [-0.05, 0) is 42.8 Å². The van der Waals surface area contributed by atoms with Crippen molar-refractivity contribution in [3.63, 3.8) is 0 Å². The number of aryl methyl sites for hydroxylation is 1. The molecule has 0 bridgehead atoms. The van der Waals surface area contributed by atoms with Crippen molar-refractivity contribution in [1.82, 2.24) is 19.9 Å². The lowest BCUT2D eigenvalue weighted by atomic mass is 10.1. The van der Waals surface area contributed by atoms with Gasteiger partial charge in [-0.15, -0.1) is 0 Å². The maximum absolute atomic E-state index is 12.4. The normalized spacial score (nSPS) is 10.9. The van der Waals surface area contributed by atoms with Crippen molar-refractivity contribution in [1.29, 1.82) is 0 Å². The number of benzene rings is 2. The van der Waals surface area contributed by atoms with Gasteiger partial charge in [0, 0.05) is 11.3 Å². The summed E-state index contributed by atoms with van der Waals surface area (Å²) < 4.78 is 0. The summed E-state index contributed by atoms with van der Waals surface area (Å²) in [6, 6.07) is 13.0. The fraction of sp³-hybridized carbons (Fsp3) is 0.0556. The third-order valence-corrected chi connectivity index (χ3v) is 3.84. The van der Waals surface area contributed by atoms with Crippen molar-refractivity contribution in [2.75, 3.05) is 5.32 Å². The zero-order chi connectivity index (χ0) is 16.5. The number of nitrogens with zero attached hydrogens (tertiary/aromatic N) is 2. The number of hydrogen-bond acceptors (Lipinski definition) is 3. The lowest BCUT2D eigenvalue weighted by Crippen LogP contribution is -2.11. The minimum atomic E-state index is -0.156. The molecule has 6 heteroatoms. The van der Waals surface area contributed by atoms with E-state index in [1.165, 1.54) is 0 Å². The molecular formula is C18H15N5O. The number of H-pyrrole nitrogens is 2. The van der Waals surface area contributed by atoms with Crippen LogP contribution in [0, 0.1) is 6.92 Å². The maximum atomic E-state index is 12.4. The molecule has 3 N–H and O–H groups in total. The minimum Gasteiger partial charge on any atom is -0.345 e. The highest BCUT2D eigenvalue weighted by Crippen LogP contribution is 2.20. The highest BCUT2D eigenvalue weighted by molar-refractivity contribution is 6.05. The Bertz CT molecular complexity index is 1010. The van der Waals surface area contributed by atoms with Crippen LogP contribution in [0.25, 0.3) is 22.3 Å². The Kier molecular flexibility index (Phi) is 3.35. The zero-order valence-electron chi connectivity index (χ0n) is 13.0. The van der Waals surface area contributed by atoms with Crippen LogP contribution in [0.5, 0.6) is 0 Å². The maximum Gasteiger partial charge on any atom is 0.255 e. The number of carbonyl (C=O) groups excluding carboxylic acids is 1. The van der Waals surface area contributed by atoms with E-state index in [1.807, 2.05) is 37.3 Å². The van der Waals surface area contributed by atoms with E-state index in [9.17, 15) is 4.79 Å². The van der Waals surface area contributed by atoms with E-state index < -0.39 is 0 Å². The van der Waals surface area contributed by atoms with E-state index in [-0.39, 0.29) is 5.91 Å². The average molecular weight is 317 g/mol. The number of carbonyl (C=O) groups is 1. The average Bonchev–Trinajstić information content (AvgIpc) is 3.23. The number of anilines is 1. The molecule has 2 heterocycles. The summed E-state index contributed by atoms with van der Waals surface area (Å²) in [5.74, 6) is 0.716. The molecule has 0 saturated heterocycles. The Morgan fingerprint density at radius 1 is 1.08 bits per heavy atom. The largest absolute Gasteiger partial charge is 0.345 e. The molecule has 0 atom stereocenters. The Balaban J connectivity index is 1.53. The number of aromatic amines is 2. The first-order valence-corrected chi connectivity index (χ1v) is 7.55. The summed E-state index contributed by atoms with van der Waals surface area (Å²) in [7, 11) is 0. The number of hydrogen-bond donors (Lipinski definition) is 3. The van der Waals surface area contributed by atoms with E-state index in [0.717, 1.165) is 33.8 Å². The molecule has 0 aliphatic carbocycles. The SMILES string of the molecule is Cc1ncc(-c2ccc(NC(=O)c3ccc4nc[nH]c4c3)cc2)[nH]1. The highest BCUT2D eigenvalue weighted by Gasteiger charge is 2.08. The molecule has 2 aromatic heterocycles. The third kappa shape index (κ3) is 2.65. The van der Waals surface area contributed by atoms with Crippen LogP contribution in [0.4, 0.5) is 5.69 Å². The topological polar surface area (TPSA) is 86.5 Å². The molecule has 118 valence electrons. The number of imidazole rings is 2. The van der Waals surface area contributed by atoms with Crippen LogP contribution < -0.4 is 5.32 Å². The van der Waals surface area contributed by atoms with Crippen LogP contribution in [0.1, 0.15) is 16.2 Å². The second-order valence-electron chi connectivity index (χ2n) is 5.55. The predicted molar refractivity (Wildman–Crippen MR) is 92.8 cm³/mol. The van der Waals surface area contributed by atoms with E-state index >= 15 is 0 Å². The predicted octanol–water partition coefficient (Wildman–Crippen LogP) is 3.51. The molecule has 0 aliphatic heterocycles. The van der Waals surface area contributed by atoms with Gasteiger partial charge in [0.05, 0.1) is 29.3 Å². The summed E-state index contributed by atoms with van der Waals surface area (Å²) in [6.07, 6.45) is 3.41. The Morgan fingerprint density at radius 3 is 2.67 bits per heavy atom. The lowest BCUT2D eigenvalue weighted by molar-refractivity contribution is 0.102. The van der Waals surface area contributed by atoms with Gasteiger partial charge in [0.1, 0.15) is 5.82 Å². The molecule has 0 spiro atoms. The van der Waals surface area contributed by atoms with Gasteiger partial charge < -0.3 is 15.3 Å². The molecule has 4 aromatic rings. The summed E-state index contributed by atoms with van der Waals surface area (Å²) in [5, 5.41) is 2.90. The van der Waals surface area contributed by atoms with Gasteiger partial charge in [-0.3, -0.25) is 4.79 Å². The summed E-state index contributed by atoms with van der Waals surface area (Å²) in [6.45, 7) is 1.91. The molecular weight excluding hydrogens is 302 g/mol. The van der Waals surface area contributed by atoms with Crippen molar-refractivity contribution < 1.29 is 4.79 Å². The Labute approximate surface area is 138 Å². The van der Waals surface area contributed by atoms with Gasteiger partial charge in [-0.1, -0.05) is 12.1 Å². The van der Waals surface area contributed by atoms with Crippen molar-refractivity contribution in [2.45, 2.75) is 6.92 Å². The molecule has 0 unspecified atom stereocenters. The van der Waals surface area contributed by atoms with E-state index in [0.29, 0.717) is 5.56 Å². The number of nitrogens with one attached hydrogen (secondary N) is 3. The summed E-state index contributed by atoms with van der Waals surface area (Å²) in [4.78, 5) is 26.9. The molecule has 2 aromatic carbocycles. The van der Waals surface area contributed by atoms with Gasteiger partial charge in [0.2, 0.25) is 0 Å². The minimum absolute atomic E-state index is 0.156. The smallest absolute Gasteiger partial charge is 0.255 e. The van der Waals surface area contributed by atoms with Gasteiger partial charge >= 0.3 is 0 Å². The Hall–Kier alpha value is -3.41. The van der Waals surface area contributed by atoms with Crippen LogP contribution in [-0.4, -0.2) is 25.8 Å². The zero-order valence-corrected chi connectivity index (χ0v) is 13.0. The van der Waals surface area contributed by atoms with Crippen molar-refractivity contribution in [3.05, 3.63) is 66.4 Å². The standard InChI is InChI=1S/C18H15N5O/c1-11-19-9-17(22-11)12-2-5-14(6-3-12)23-18(24)13-4-7-15-16(8-13)21-10-20-15/h2-10H,1H3,(H,19,22)(H,20,21)(H,23,24). The second kappa shape index (κ2) is 5.66. The number of rotatable bonds is 3. The molecule has 24 heavy (non-hydrogen) atoms. The lowest BCUT2D eigenvalue weighted by Gasteiger charge is -2.06. The molecule has 0 aliphatic rings. The van der Waals surface area contributed by atoms with Gasteiger partial charge in [-0.25, -0.2) is 9.97 Å². The molecule has 0 fully saturated rings. The first-order chi connectivity index (χ1) is 11.7. The molecule has 0 radical (unpaired) electrons. The van der Waals surface area contributed by atoms with E-state index in [2.05, 4.69) is 25.3 Å². The first kappa shape index (κ1) is 14.2. The molecule has 1 amide bonds. The van der Waals surface area contributed by atoms with Crippen LogP contribution in [0.3, 0.4) is 0 Å². The fourth-order valence-corrected chi connectivity index (χ4v) is 2.58. The van der Waals surface area contributed by atoms with Crippen LogP contribution >= 0.6 is 0 Å². The molecule has 4 rings (SSSR count). The quantitative estimate of drug-likeness (QED) is 0.540. The number of amides is 1.